The SMILES string of the molecule is COc1nn(C)c2nc(C)c(CCC(=O)N3CCC(C)(C(=O)O)C3)c(C)c12. The number of carboxylic acids is 1. The van der Waals surface area contributed by atoms with Gasteiger partial charge in [-0.25, -0.2) is 9.67 Å². The van der Waals surface area contributed by atoms with Gasteiger partial charge in [-0.05, 0) is 44.7 Å². The van der Waals surface area contributed by atoms with Crippen molar-refractivity contribution >= 4 is 22.9 Å². The van der Waals surface area contributed by atoms with Crippen molar-refractivity contribution in [1.82, 2.24) is 19.7 Å². The Balaban J connectivity index is 1.79. The Labute approximate surface area is 158 Å². The number of amides is 1. The summed E-state index contributed by atoms with van der Waals surface area (Å²) in [6.45, 7) is 6.39. The van der Waals surface area contributed by atoms with Crippen LogP contribution in [0.25, 0.3) is 11.0 Å². The second-order valence-corrected chi connectivity index (χ2v) is 7.56. The summed E-state index contributed by atoms with van der Waals surface area (Å²) >= 11 is 0. The van der Waals surface area contributed by atoms with Crippen molar-refractivity contribution in [1.29, 1.82) is 0 Å². The van der Waals surface area contributed by atoms with Gasteiger partial charge in [0.25, 0.3) is 0 Å². The van der Waals surface area contributed by atoms with E-state index in [9.17, 15) is 14.7 Å². The molecule has 0 radical (unpaired) electrons. The average Bonchev–Trinajstić information content (AvgIpc) is 3.16. The molecular formula is C19H26N4O4. The molecule has 1 atom stereocenters. The molecule has 8 nitrogen and oxygen atoms in total. The highest BCUT2D eigenvalue weighted by Crippen LogP contribution is 2.32. The molecular weight excluding hydrogens is 348 g/mol. The molecule has 27 heavy (non-hydrogen) atoms. The van der Waals surface area contributed by atoms with Crippen LogP contribution in [0.2, 0.25) is 0 Å². The number of hydrogen-bond acceptors (Lipinski definition) is 5. The van der Waals surface area contributed by atoms with E-state index in [1.54, 1.807) is 23.6 Å². The van der Waals surface area contributed by atoms with Crippen molar-refractivity contribution in [3.05, 3.63) is 16.8 Å². The van der Waals surface area contributed by atoms with Crippen molar-refractivity contribution in [2.24, 2.45) is 12.5 Å². The lowest BCUT2D eigenvalue weighted by Crippen LogP contribution is -2.35. The van der Waals surface area contributed by atoms with Crippen LogP contribution in [0.5, 0.6) is 5.88 Å². The van der Waals surface area contributed by atoms with Crippen LogP contribution < -0.4 is 4.74 Å². The fourth-order valence-electron chi connectivity index (χ4n) is 3.85. The van der Waals surface area contributed by atoms with Gasteiger partial charge in [0.05, 0.1) is 17.9 Å². The first-order valence-electron chi connectivity index (χ1n) is 9.06. The molecule has 0 aromatic carbocycles. The Morgan fingerprint density at radius 2 is 2.04 bits per heavy atom. The van der Waals surface area contributed by atoms with E-state index in [-0.39, 0.29) is 12.5 Å². The Morgan fingerprint density at radius 3 is 2.63 bits per heavy atom. The number of likely N-dealkylation sites (tertiary alicyclic amines) is 1. The number of pyridine rings is 1. The molecule has 1 unspecified atom stereocenters. The van der Waals surface area contributed by atoms with Gasteiger partial charge in [0.2, 0.25) is 11.8 Å². The summed E-state index contributed by atoms with van der Waals surface area (Å²) in [6.07, 6.45) is 1.37. The van der Waals surface area contributed by atoms with E-state index in [0.717, 1.165) is 27.9 Å². The topological polar surface area (TPSA) is 97.5 Å². The zero-order valence-corrected chi connectivity index (χ0v) is 16.5. The maximum Gasteiger partial charge on any atom is 0.311 e. The number of rotatable bonds is 5. The minimum atomic E-state index is -0.845. The minimum Gasteiger partial charge on any atom is -0.481 e. The number of carbonyl (C=O) groups is 2. The smallest absolute Gasteiger partial charge is 0.311 e. The lowest BCUT2D eigenvalue weighted by Gasteiger charge is -2.20. The lowest BCUT2D eigenvalue weighted by molar-refractivity contribution is -0.147. The van der Waals surface area contributed by atoms with E-state index < -0.39 is 11.4 Å². The summed E-state index contributed by atoms with van der Waals surface area (Å²) in [5, 5.41) is 14.6. The van der Waals surface area contributed by atoms with Gasteiger partial charge in [-0.1, -0.05) is 0 Å². The van der Waals surface area contributed by atoms with E-state index in [4.69, 9.17) is 4.74 Å². The zero-order valence-electron chi connectivity index (χ0n) is 16.5. The molecule has 2 aromatic heterocycles. The number of methoxy groups -OCH3 is 1. The van der Waals surface area contributed by atoms with E-state index in [1.807, 2.05) is 20.9 Å². The summed E-state index contributed by atoms with van der Waals surface area (Å²) in [4.78, 5) is 30.3. The van der Waals surface area contributed by atoms with Crippen LogP contribution in [0.15, 0.2) is 0 Å². The summed E-state index contributed by atoms with van der Waals surface area (Å²) in [5.74, 6) is -0.332. The molecule has 0 saturated carbocycles. The molecule has 1 N–H and O–H groups in total. The van der Waals surface area contributed by atoms with Crippen LogP contribution in [-0.2, 0) is 23.1 Å². The van der Waals surface area contributed by atoms with Gasteiger partial charge in [-0.2, -0.15) is 0 Å². The molecule has 1 aliphatic heterocycles. The molecule has 3 heterocycles. The van der Waals surface area contributed by atoms with Crippen molar-refractivity contribution in [2.75, 3.05) is 20.2 Å². The number of aliphatic carboxylic acids is 1. The molecule has 3 rings (SSSR count). The van der Waals surface area contributed by atoms with Gasteiger partial charge in [0, 0.05) is 32.3 Å². The Kier molecular flexibility index (Phi) is 4.84. The van der Waals surface area contributed by atoms with Crippen molar-refractivity contribution in [3.63, 3.8) is 0 Å². The van der Waals surface area contributed by atoms with E-state index in [1.165, 1.54) is 0 Å². The first kappa shape index (κ1) is 19.1. The van der Waals surface area contributed by atoms with Crippen molar-refractivity contribution in [3.8, 4) is 5.88 Å². The van der Waals surface area contributed by atoms with E-state index in [0.29, 0.717) is 31.7 Å². The number of fused-ring (bicyclic) bond motifs is 1. The predicted octanol–water partition coefficient (Wildman–Crippen LogP) is 1.85. The maximum atomic E-state index is 12.6. The van der Waals surface area contributed by atoms with Gasteiger partial charge in [0.15, 0.2) is 5.65 Å². The molecule has 1 fully saturated rings. The normalized spacial score (nSPS) is 19.7. The summed E-state index contributed by atoms with van der Waals surface area (Å²) in [5.41, 5.74) is 2.82. The fourth-order valence-corrected chi connectivity index (χ4v) is 3.85. The third-order valence-corrected chi connectivity index (χ3v) is 5.65. The molecule has 1 amide bonds. The number of aromatic nitrogens is 3. The largest absolute Gasteiger partial charge is 0.481 e. The number of ether oxygens (including phenoxy) is 1. The van der Waals surface area contributed by atoms with Gasteiger partial charge in [-0.15, -0.1) is 5.10 Å². The van der Waals surface area contributed by atoms with Crippen molar-refractivity contribution < 1.29 is 19.4 Å². The first-order valence-corrected chi connectivity index (χ1v) is 9.06. The number of carboxylic acid groups (broad SMARTS) is 1. The minimum absolute atomic E-state index is 0.0166. The van der Waals surface area contributed by atoms with Crippen LogP contribution in [-0.4, -0.2) is 56.8 Å². The molecule has 0 aliphatic carbocycles. The Morgan fingerprint density at radius 1 is 1.33 bits per heavy atom. The van der Waals surface area contributed by atoms with E-state index in [2.05, 4.69) is 10.1 Å². The molecule has 146 valence electrons. The zero-order chi connectivity index (χ0) is 19.9. The average molecular weight is 374 g/mol. The second kappa shape index (κ2) is 6.83. The summed E-state index contributed by atoms with van der Waals surface area (Å²) < 4.78 is 7.07. The third-order valence-electron chi connectivity index (χ3n) is 5.65. The van der Waals surface area contributed by atoms with Gasteiger partial charge < -0.3 is 14.7 Å². The second-order valence-electron chi connectivity index (χ2n) is 7.56. The lowest BCUT2D eigenvalue weighted by atomic mass is 9.90. The number of nitrogens with zero attached hydrogens (tertiary/aromatic N) is 4. The molecule has 0 bridgehead atoms. The van der Waals surface area contributed by atoms with Crippen LogP contribution in [0, 0.1) is 19.3 Å². The van der Waals surface area contributed by atoms with Crippen LogP contribution in [0.4, 0.5) is 0 Å². The molecule has 1 saturated heterocycles. The molecule has 1 aliphatic rings. The van der Waals surface area contributed by atoms with Gasteiger partial charge in [0.1, 0.15) is 0 Å². The van der Waals surface area contributed by atoms with E-state index >= 15 is 0 Å². The highest BCUT2D eigenvalue weighted by Gasteiger charge is 2.41. The Hall–Kier alpha value is -2.64. The third kappa shape index (κ3) is 3.24. The monoisotopic (exact) mass is 374 g/mol. The quantitative estimate of drug-likeness (QED) is 0.858. The number of hydrogen-bond donors (Lipinski definition) is 1. The van der Waals surface area contributed by atoms with Crippen LogP contribution in [0.3, 0.4) is 0 Å². The first-order chi connectivity index (χ1) is 12.7. The summed E-state index contributed by atoms with van der Waals surface area (Å²) in [7, 11) is 3.41. The van der Waals surface area contributed by atoms with Gasteiger partial charge >= 0.3 is 5.97 Å². The fraction of sp³-hybridized carbons (Fsp3) is 0.579. The standard InChI is InChI=1S/C19H26N4O4/c1-11-13(12(2)20-16-15(11)17(27-5)21-22(16)4)6-7-14(24)23-9-8-19(3,10-23)18(25)26/h6-10H2,1-5H3,(H,25,26). The van der Waals surface area contributed by atoms with Crippen LogP contribution >= 0.6 is 0 Å². The molecule has 0 spiro atoms. The highest BCUT2D eigenvalue weighted by atomic mass is 16.5. The van der Waals surface area contributed by atoms with Crippen LogP contribution in [0.1, 0.15) is 36.6 Å². The summed E-state index contributed by atoms with van der Waals surface area (Å²) in [6, 6.07) is 0. The number of aryl methyl sites for hydroxylation is 3. The Bertz CT molecular complexity index is 920. The molecule has 2 aromatic rings. The predicted molar refractivity (Wildman–Crippen MR) is 99.8 cm³/mol. The maximum absolute atomic E-state index is 12.6. The molecule has 8 heteroatoms. The van der Waals surface area contributed by atoms with Gasteiger partial charge in [-0.3, -0.25) is 9.59 Å². The number of carbonyl (C=O) groups excluding carboxylic acids is 1. The highest BCUT2D eigenvalue weighted by molar-refractivity contribution is 5.86. The van der Waals surface area contributed by atoms with Crippen molar-refractivity contribution in [2.45, 2.75) is 40.0 Å².